The summed E-state index contributed by atoms with van der Waals surface area (Å²) in [6.45, 7) is 0. The average Bonchev–Trinajstić information content (AvgIpc) is 1.79. The van der Waals surface area contributed by atoms with Crippen LogP contribution in [0.5, 0.6) is 0 Å². The first-order valence-corrected chi connectivity index (χ1v) is 4.75. The lowest BCUT2D eigenvalue weighted by Crippen LogP contribution is -2.07. The van der Waals surface area contributed by atoms with E-state index in [0.717, 1.165) is 6.26 Å². The molecular weight excluding hydrogens is 164 g/mol. The zero-order valence-electron chi connectivity index (χ0n) is 6.70. The summed E-state index contributed by atoms with van der Waals surface area (Å²) in [5, 5.41) is 8.39. The Bertz CT molecular complexity index is 295. The van der Waals surface area contributed by atoms with Crippen molar-refractivity contribution in [3.8, 4) is 6.07 Å². The molecule has 0 aliphatic rings. The molecule has 0 aromatic carbocycles. The van der Waals surface area contributed by atoms with Gasteiger partial charge in [-0.2, -0.15) is 5.26 Å². The van der Waals surface area contributed by atoms with Crippen LogP contribution in [-0.4, -0.2) is 33.7 Å². The molecular formula is C6H10N2O2S. The standard InChI is InChI=1S/C6H10N2O2S/c1-8(2)5-6(4-7)11(3,9)10/h5H,1-3H3/b6-5+. The molecule has 0 aromatic heterocycles. The Balaban J connectivity index is 4.90. The van der Waals surface area contributed by atoms with Gasteiger partial charge in [-0.15, -0.1) is 0 Å². The minimum Gasteiger partial charge on any atom is -0.382 e. The van der Waals surface area contributed by atoms with Gasteiger partial charge in [0.05, 0.1) is 0 Å². The molecule has 0 radical (unpaired) electrons. The molecule has 0 rings (SSSR count). The lowest BCUT2D eigenvalue weighted by Gasteiger charge is -2.04. The third kappa shape index (κ3) is 3.63. The summed E-state index contributed by atoms with van der Waals surface area (Å²) < 4.78 is 21.6. The summed E-state index contributed by atoms with van der Waals surface area (Å²) in [6, 6.07) is 1.60. The average molecular weight is 174 g/mol. The first kappa shape index (κ1) is 9.98. The van der Waals surface area contributed by atoms with Crippen molar-refractivity contribution in [2.75, 3.05) is 20.4 Å². The summed E-state index contributed by atoms with van der Waals surface area (Å²) in [7, 11) is -0.0412. The van der Waals surface area contributed by atoms with E-state index in [1.54, 1.807) is 20.2 Å². The quantitative estimate of drug-likeness (QED) is 0.551. The van der Waals surface area contributed by atoms with Crippen LogP contribution in [0.15, 0.2) is 11.1 Å². The van der Waals surface area contributed by atoms with Gasteiger partial charge in [-0.05, 0) is 0 Å². The SMILES string of the molecule is CN(C)/C=C(\C#N)S(C)(=O)=O. The molecule has 0 fully saturated rings. The zero-order valence-corrected chi connectivity index (χ0v) is 7.51. The van der Waals surface area contributed by atoms with Crippen molar-refractivity contribution in [1.29, 1.82) is 5.26 Å². The van der Waals surface area contributed by atoms with Gasteiger partial charge in [0, 0.05) is 26.6 Å². The first-order chi connectivity index (χ1) is 4.88. The van der Waals surface area contributed by atoms with Crippen LogP contribution >= 0.6 is 0 Å². The number of hydrogen-bond donors (Lipinski definition) is 0. The molecule has 0 spiro atoms. The lowest BCUT2D eigenvalue weighted by molar-refractivity contribution is 0.559. The molecule has 0 aromatic rings. The lowest BCUT2D eigenvalue weighted by atomic mass is 10.6. The van der Waals surface area contributed by atoms with Crippen LogP contribution < -0.4 is 0 Å². The maximum Gasteiger partial charge on any atom is 0.187 e. The summed E-state index contributed by atoms with van der Waals surface area (Å²) in [5.41, 5.74) is 0. The van der Waals surface area contributed by atoms with Gasteiger partial charge in [0.25, 0.3) is 0 Å². The van der Waals surface area contributed by atoms with Crippen molar-refractivity contribution >= 4 is 9.84 Å². The largest absolute Gasteiger partial charge is 0.382 e. The van der Waals surface area contributed by atoms with E-state index in [4.69, 9.17) is 5.26 Å². The summed E-state index contributed by atoms with van der Waals surface area (Å²) in [4.78, 5) is 1.29. The molecule has 0 heterocycles. The predicted molar refractivity (Wildman–Crippen MR) is 42.2 cm³/mol. The number of nitrogens with zero attached hydrogens (tertiary/aromatic N) is 2. The smallest absolute Gasteiger partial charge is 0.187 e. The fourth-order valence-electron chi connectivity index (χ4n) is 0.442. The number of nitriles is 1. The Hall–Kier alpha value is -1.02. The van der Waals surface area contributed by atoms with E-state index in [9.17, 15) is 8.42 Å². The molecule has 0 aliphatic carbocycles. The highest BCUT2D eigenvalue weighted by Crippen LogP contribution is 2.02. The summed E-state index contributed by atoms with van der Waals surface area (Å²) in [6.07, 6.45) is 2.28. The van der Waals surface area contributed by atoms with Gasteiger partial charge < -0.3 is 4.90 Å². The monoisotopic (exact) mass is 174 g/mol. The van der Waals surface area contributed by atoms with E-state index in [2.05, 4.69) is 0 Å². The Morgan fingerprint density at radius 3 is 2.09 bits per heavy atom. The highest BCUT2D eigenvalue weighted by Gasteiger charge is 2.09. The molecule has 0 aliphatic heterocycles. The van der Waals surface area contributed by atoms with Crippen molar-refractivity contribution in [2.24, 2.45) is 0 Å². The Morgan fingerprint density at radius 2 is 2.00 bits per heavy atom. The number of allylic oxidation sites excluding steroid dienone is 1. The third-order valence-corrected chi connectivity index (χ3v) is 1.88. The van der Waals surface area contributed by atoms with Gasteiger partial charge in [-0.3, -0.25) is 0 Å². The highest BCUT2D eigenvalue weighted by atomic mass is 32.2. The minimum atomic E-state index is -3.35. The zero-order chi connectivity index (χ0) is 9.07. The predicted octanol–water partition coefficient (Wildman–Crippen LogP) is -0.0424. The molecule has 0 atom stereocenters. The van der Waals surface area contributed by atoms with E-state index < -0.39 is 9.84 Å². The van der Waals surface area contributed by atoms with E-state index in [0.29, 0.717) is 0 Å². The van der Waals surface area contributed by atoms with Gasteiger partial charge in [0.15, 0.2) is 14.7 Å². The maximum atomic E-state index is 10.8. The van der Waals surface area contributed by atoms with Gasteiger partial charge in [-0.25, -0.2) is 8.42 Å². The van der Waals surface area contributed by atoms with Crippen LogP contribution in [0, 0.1) is 11.3 Å². The summed E-state index contributed by atoms with van der Waals surface area (Å²) >= 11 is 0. The Kier molecular flexibility index (Phi) is 3.08. The third-order valence-electron chi connectivity index (χ3n) is 0.885. The topological polar surface area (TPSA) is 61.2 Å². The van der Waals surface area contributed by atoms with Gasteiger partial charge in [0.1, 0.15) is 6.07 Å². The van der Waals surface area contributed by atoms with Crippen LogP contribution in [-0.2, 0) is 9.84 Å². The number of rotatable bonds is 2. The van der Waals surface area contributed by atoms with E-state index in [1.165, 1.54) is 11.1 Å². The molecule has 11 heavy (non-hydrogen) atoms. The molecule has 0 unspecified atom stereocenters. The molecule has 5 heteroatoms. The van der Waals surface area contributed by atoms with Crippen LogP contribution in [0.2, 0.25) is 0 Å². The molecule has 0 bridgehead atoms. The van der Waals surface area contributed by atoms with Gasteiger partial charge in [0.2, 0.25) is 0 Å². The second kappa shape index (κ2) is 3.39. The number of hydrogen-bond acceptors (Lipinski definition) is 4. The van der Waals surface area contributed by atoms with E-state index in [1.807, 2.05) is 0 Å². The summed E-state index contributed by atoms with van der Waals surface area (Å²) in [5.74, 6) is 0. The molecule has 0 amide bonds. The Morgan fingerprint density at radius 1 is 1.55 bits per heavy atom. The van der Waals surface area contributed by atoms with Gasteiger partial charge >= 0.3 is 0 Å². The molecule has 0 N–H and O–H groups in total. The fraction of sp³-hybridized carbons (Fsp3) is 0.500. The molecule has 62 valence electrons. The minimum absolute atomic E-state index is 0.220. The van der Waals surface area contributed by atoms with Crippen molar-refractivity contribution in [3.63, 3.8) is 0 Å². The van der Waals surface area contributed by atoms with Crippen LogP contribution in [0.3, 0.4) is 0 Å². The molecule has 0 saturated carbocycles. The molecule has 0 saturated heterocycles. The number of sulfone groups is 1. The van der Waals surface area contributed by atoms with Crippen LogP contribution in [0.1, 0.15) is 0 Å². The van der Waals surface area contributed by atoms with Gasteiger partial charge in [-0.1, -0.05) is 0 Å². The van der Waals surface area contributed by atoms with Crippen LogP contribution in [0.25, 0.3) is 0 Å². The van der Waals surface area contributed by atoms with Crippen molar-refractivity contribution in [3.05, 3.63) is 11.1 Å². The second-order valence-electron chi connectivity index (χ2n) is 2.34. The maximum absolute atomic E-state index is 10.8. The van der Waals surface area contributed by atoms with Crippen molar-refractivity contribution < 1.29 is 8.42 Å². The second-order valence-corrected chi connectivity index (χ2v) is 4.33. The fourth-order valence-corrected chi connectivity index (χ4v) is 1.01. The van der Waals surface area contributed by atoms with Crippen molar-refractivity contribution in [2.45, 2.75) is 0 Å². The van der Waals surface area contributed by atoms with E-state index in [-0.39, 0.29) is 4.91 Å². The highest BCUT2D eigenvalue weighted by molar-refractivity contribution is 7.94. The van der Waals surface area contributed by atoms with Crippen molar-refractivity contribution in [1.82, 2.24) is 4.90 Å². The Labute approximate surface area is 66.7 Å². The molecule has 4 nitrogen and oxygen atoms in total. The first-order valence-electron chi connectivity index (χ1n) is 2.86. The van der Waals surface area contributed by atoms with Crippen LogP contribution in [0.4, 0.5) is 0 Å². The van der Waals surface area contributed by atoms with E-state index >= 15 is 0 Å². The normalized spacial score (nSPS) is 12.4.